The third kappa shape index (κ3) is 5.06. The summed E-state index contributed by atoms with van der Waals surface area (Å²) in [5.41, 5.74) is 5.16. The van der Waals surface area contributed by atoms with Crippen molar-refractivity contribution in [3.05, 3.63) is 77.9 Å². The fourth-order valence-corrected chi connectivity index (χ4v) is 5.85. The minimum Gasteiger partial charge on any atom is -0.497 e. The highest BCUT2D eigenvalue weighted by molar-refractivity contribution is 7.89. The van der Waals surface area contributed by atoms with E-state index in [0.717, 1.165) is 21.3 Å². The van der Waals surface area contributed by atoms with Crippen LogP contribution in [0.15, 0.2) is 55.1 Å². The van der Waals surface area contributed by atoms with Gasteiger partial charge in [-0.2, -0.15) is 0 Å². The van der Waals surface area contributed by atoms with Gasteiger partial charge in [0.15, 0.2) is 0 Å². The molecule has 0 aliphatic carbocycles. The summed E-state index contributed by atoms with van der Waals surface area (Å²) in [7, 11) is -1.28. The standard InChI is InChI=1S/C23H27F2N3O5S/c1-4-11-33-22(29)28-14-21(23(26,15-28)19-10-7-17(24)12-20(19)25)34(30,31)27(2)13-16-5-8-18(32-3)9-6-16/h4-10,12,21H,1,11,13-15,26H2,2-3H3/t21-,23+/m1/s1. The number of nitrogens with zero attached hydrogens (tertiary/aromatic N) is 2. The lowest BCUT2D eigenvalue weighted by Gasteiger charge is -2.33. The lowest BCUT2D eigenvalue weighted by molar-refractivity contribution is 0.119. The van der Waals surface area contributed by atoms with Gasteiger partial charge in [0.1, 0.15) is 29.2 Å². The van der Waals surface area contributed by atoms with Gasteiger partial charge in [-0.05, 0) is 23.8 Å². The number of halogens is 2. The second-order valence-corrected chi connectivity index (χ2v) is 10.3. The van der Waals surface area contributed by atoms with E-state index < -0.39 is 38.5 Å². The van der Waals surface area contributed by atoms with Gasteiger partial charge in [-0.25, -0.2) is 26.3 Å². The second-order valence-electron chi connectivity index (χ2n) is 8.05. The van der Waals surface area contributed by atoms with Crippen LogP contribution in [0.1, 0.15) is 11.1 Å². The first-order valence-corrected chi connectivity index (χ1v) is 11.9. The summed E-state index contributed by atoms with van der Waals surface area (Å²) >= 11 is 0. The first-order valence-electron chi connectivity index (χ1n) is 10.4. The first kappa shape index (κ1) is 25.6. The van der Waals surface area contributed by atoms with E-state index in [-0.39, 0.29) is 31.8 Å². The Hall–Kier alpha value is -3.02. The van der Waals surface area contributed by atoms with E-state index in [9.17, 15) is 22.0 Å². The molecule has 0 radical (unpaired) electrons. The van der Waals surface area contributed by atoms with E-state index in [1.54, 1.807) is 24.3 Å². The van der Waals surface area contributed by atoms with Gasteiger partial charge in [0.05, 0.1) is 12.6 Å². The number of carbonyl (C=O) groups is 1. The van der Waals surface area contributed by atoms with E-state index in [1.165, 1.54) is 20.2 Å². The molecule has 0 spiro atoms. The molecule has 0 bridgehead atoms. The molecule has 11 heteroatoms. The number of hydrogen-bond donors (Lipinski definition) is 1. The van der Waals surface area contributed by atoms with Crippen molar-refractivity contribution < 1.29 is 31.5 Å². The van der Waals surface area contributed by atoms with Crippen LogP contribution in [0.3, 0.4) is 0 Å². The van der Waals surface area contributed by atoms with Crippen LogP contribution in [-0.4, -0.2) is 62.8 Å². The molecule has 0 aromatic heterocycles. The Labute approximate surface area is 197 Å². The van der Waals surface area contributed by atoms with Crippen LogP contribution in [0.2, 0.25) is 0 Å². The number of amides is 1. The fourth-order valence-electron chi connectivity index (χ4n) is 3.99. The van der Waals surface area contributed by atoms with E-state index >= 15 is 0 Å². The van der Waals surface area contributed by atoms with E-state index in [1.807, 2.05) is 0 Å². The Morgan fingerprint density at radius 1 is 1.29 bits per heavy atom. The van der Waals surface area contributed by atoms with Gasteiger partial charge < -0.3 is 20.1 Å². The Balaban J connectivity index is 1.97. The quantitative estimate of drug-likeness (QED) is 0.565. The second kappa shape index (κ2) is 10.1. The molecule has 1 fully saturated rings. The molecule has 0 saturated carbocycles. The monoisotopic (exact) mass is 495 g/mol. The fraction of sp³-hybridized carbons (Fsp3) is 0.348. The van der Waals surface area contributed by atoms with Crippen LogP contribution < -0.4 is 10.5 Å². The average Bonchev–Trinajstić information content (AvgIpc) is 3.17. The molecule has 2 aromatic carbocycles. The Bertz CT molecular complexity index is 1160. The van der Waals surface area contributed by atoms with E-state index in [2.05, 4.69) is 6.58 Å². The molecule has 2 aromatic rings. The van der Waals surface area contributed by atoms with Gasteiger partial charge in [-0.3, -0.25) is 0 Å². The molecule has 34 heavy (non-hydrogen) atoms. The molecular weight excluding hydrogens is 468 g/mol. The lowest BCUT2D eigenvalue weighted by Crippen LogP contribution is -2.54. The van der Waals surface area contributed by atoms with Crippen LogP contribution in [0.25, 0.3) is 0 Å². The lowest BCUT2D eigenvalue weighted by atomic mass is 9.89. The van der Waals surface area contributed by atoms with E-state index in [0.29, 0.717) is 17.4 Å². The van der Waals surface area contributed by atoms with Crippen molar-refractivity contribution >= 4 is 16.1 Å². The number of ether oxygens (including phenoxy) is 2. The van der Waals surface area contributed by atoms with Gasteiger partial charge in [0.25, 0.3) is 0 Å². The molecule has 2 atom stereocenters. The van der Waals surface area contributed by atoms with Gasteiger partial charge in [0, 0.05) is 38.3 Å². The number of rotatable bonds is 8. The predicted octanol–water partition coefficient (Wildman–Crippen LogP) is 2.60. The maximum Gasteiger partial charge on any atom is 0.410 e. The molecule has 1 amide bonds. The molecule has 184 valence electrons. The first-order chi connectivity index (χ1) is 16.0. The van der Waals surface area contributed by atoms with Crippen LogP contribution in [-0.2, 0) is 26.8 Å². The Morgan fingerprint density at radius 3 is 2.56 bits per heavy atom. The predicted molar refractivity (Wildman–Crippen MR) is 123 cm³/mol. The number of sulfonamides is 1. The number of nitrogens with two attached hydrogens (primary N) is 1. The van der Waals surface area contributed by atoms with Crippen molar-refractivity contribution in [1.29, 1.82) is 0 Å². The van der Waals surface area contributed by atoms with Gasteiger partial charge in [0.2, 0.25) is 10.0 Å². The maximum atomic E-state index is 14.8. The summed E-state index contributed by atoms with van der Waals surface area (Å²) in [5, 5.41) is -1.42. The molecular formula is C23H27F2N3O5S. The summed E-state index contributed by atoms with van der Waals surface area (Å²) < 4.78 is 66.8. The van der Waals surface area contributed by atoms with Crippen molar-refractivity contribution in [2.45, 2.75) is 17.3 Å². The summed E-state index contributed by atoms with van der Waals surface area (Å²) in [4.78, 5) is 13.6. The third-order valence-corrected chi connectivity index (χ3v) is 8.07. The zero-order chi connectivity index (χ0) is 25.1. The minimum atomic E-state index is -4.18. The zero-order valence-electron chi connectivity index (χ0n) is 18.9. The molecule has 2 N–H and O–H groups in total. The SMILES string of the molecule is C=CCOC(=O)N1C[C@@H](S(=O)(=O)N(C)Cc2ccc(OC)cc2)[C@@](N)(c2ccc(F)cc2F)C1. The molecule has 1 saturated heterocycles. The third-order valence-electron chi connectivity index (χ3n) is 5.79. The molecule has 1 aliphatic heterocycles. The van der Waals surface area contributed by atoms with Crippen LogP contribution >= 0.6 is 0 Å². The summed E-state index contributed by atoms with van der Waals surface area (Å²) in [6.07, 6.45) is 0.549. The number of carbonyl (C=O) groups excluding carboxylic acids is 1. The average molecular weight is 496 g/mol. The summed E-state index contributed by atoms with van der Waals surface area (Å²) in [6.45, 7) is 2.71. The normalized spacial score (nSPS) is 20.4. The smallest absolute Gasteiger partial charge is 0.410 e. The number of methoxy groups -OCH3 is 1. The topological polar surface area (TPSA) is 102 Å². The summed E-state index contributed by atoms with van der Waals surface area (Å²) in [5.74, 6) is -1.21. The van der Waals surface area contributed by atoms with Crippen LogP contribution in [0, 0.1) is 11.6 Å². The van der Waals surface area contributed by atoms with Gasteiger partial charge in [-0.15, -0.1) is 0 Å². The number of benzene rings is 2. The molecule has 0 unspecified atom stereocenters. The minimum absolute atomic E-state index is 0.00567. The Kier molecular flexibility index (Phi) is 7.59. The molecule has 1 aliphatic rings. The van der Waals surface area contributed by atoms with Gasteiger partial charge in [-0.1, -0.05) is 30.9 Å². The largest absolute Gasteiger partial charge is 0.497 e. The highest BCUT2D eigenvalue weighted by atomic mass is 32.2. The summed E-state index contributed by atoms with van der Waals surface area (Å²) in [6, 6.07) is 9.56. The molecule has 3 rings (SSSR count). The van der Waals surface area contributed by atoms with Crippen molar-refractivity contribution in [1.82, 2.24) is 9.21 Å². The van der Waals surface area contributed by atoms with Crippen molar-refractivity contribution in [2.24, 2.45) is 5.73 Å². The van der Waals surface area contributed by atoms with Crippen LogP contribution in [0.4, 0.5) is 13.6 Å². The zero-order valence-corrected chi connectivity index (χ0v) is 19.7. The molecule has 1 heterocycles. The van der Waals surface area contributed by atoms with Crippen molar-refractivity contribution in [2.75, 3.05) is 33.9 Å². The highest BCUT2D eigenvalue weighted by Crippen LogP contribution is 2.37. The highest BCUT2D eigenvalue weighted by Gasteiger charge is 2.55. The van der Waals surface area contributed by atoms with Crippen molar-refractivity contribution in [3.8, 4) is 5.75 Å². The number of likely N-dealkylation sites (tertiary alicyclic amines) is 1. The van der Waals surface area contributed by atoms with Crippen molar-refractivity contribution in [3.63, 3.8) is 0 Å². The van der Waals surface area contributed by atoms with Gasteiger partial charge >= 0.3 is 6.09 Å². The molecule has 8 nitrogen and oxygen atoms in total. The van der Waals surface area contributed by atoms with E-state index in [4.69, 9.17) is 15.2 Å². The van der Waals surface area contributed by atoms with Crippen LogP contribution in [0.5, 0.6) is 5.75 Å². The Morgan fingerprint density at radius 2 is 1.97 bits per heavy atom. The maximum absolute atomic E-state index is 14.8. The number of hydrogen-bond acceptors (Lipinski definition) is 6.